The fourth-order valence-corrected chi connectivity index (χ4v) is 3.89. The Hall–Kier alpha value is -3.15. The fourth-order valence-electron chi connectivity index (χ4n) is 3.89. The van der Waals surface area contributed by atoms with E-state index in [2.05, 4.69) is 37.1 Å². The van der Waals surface area contributed by atoms with E-state index in [1.807, 2.05) is 13.8 Å². The van der Waals surface area contributed by atoms with Gasteiger partial charge in [0.15, 0.2) is 0 Å². The summed E-state index contributed by atoms with van der Waals surface area (Å²) in [6.07, 6.45) is 1.67. The summed E-state index contributed by atoms with van der Waals surface area (Å²) < 4.78 is 10.7. The molecule has 6 heteroatoms. The number of nitrogens with zero attached hydrogens (tertiary/aromatic N) is 2. The van der Waals surface area contributed by atoms with Crippen LogP contribution in [0.3, 0.4) is 0 Å². The third kappa shape index (κ3) is 5.75. The molecule has 0 spiro atoms. The van der Waals surface area contributed by atoms with E-state index in [0.29, 0.717) is 37.4 Å². The molecule has 0 aromatic heterocycles. The molecule has 1 aliphatic heterocycles. The van der Waals surface area contributed by atoms with E-state index in [-0.39, 0.29) is 17.4 Å². The van der Waals surface area contributed by atoms with Crippen LogP contribution in [0.5, 0.6) is 5.75 Å². The van der Waals surface area contributed by atoms with Gasteiger partial charge >= 0.3 is 5.97 Å². The first-order chi connectivity index (χ1) is 15.2. The van der Waals surface area contributed by atoms with Crippen molar-refractivity contribution in [3.8, 4) is 5.75 Å². The zero-order valence-electron chi connectivity index (χ0n) is 19.6. The molecule has 6 nitrogen and oxygen atoms in total. The molecule has 0 radical (unpaired) electrons. The number of rotatable bonds is 8. The van der Waals surface area contributed by atoms with Gasteiger partial charge in [-0.3, -0.25) is 4.79 Å². The molecule has 2 aromatic rings. The molecule has 1 amide bonds. The van der Waals surface area contributed by atoms with Crippen LogP contribution in [0.2, 0.25) is 0 Å². The van der Waals surface area contributed by atoms with Crippen LogP contribution < -0.4 is 4.74 Å². The summed E-state index contributed by atoms with van der Waals surface area (Å²) in [5.41, 5.74) is 4.56. The molecular formula is C26H32N2O4. The summed E-state index contributed by atoms with van der Waals surface area (Å²) in [7, 11) is 0. The van der Waals surface area contributed by atoms with E-state index < -0.39 is 0 Å². The van der Waals surface area contributed by atoms with Crippen molar-refractivity contribution in [1.29, 1.82) is 0 Å². The van der Waals surface area contributed by atoms with E-state index in [0.717, 1.165) is 17.7 Å². The Balaban J connectivity index is 1.54. The molecule has 0 bridgehead atoms. The third-order valence-corrected chi connectivity index (χ3v) is 5.35. The maximum absolute atomic E-state index is 12.9. The van der Waals surface area contributed by atoms with Crippen LogP contribution in [0.4, 0.5) is 0 Å². The number of hydrogen-bond donors (Lipinski definition) is 0. The van der Waals surface area contributed by atoms with E-state index in [9.17, 15) is 9.59 Å². The van der Waals surface area contributed by atoms with Crippen molar-refractivity contribution in [2.24, 2.45) is 5.10 Å². The summed E-state index contributed by atoms with van der Waals surface area (Å²) in [5, 5.41) is 6.32. The maximum Gasteiger partial charge on any atom is 0.338 e. The second-order valence-corrected chi connectivity index (χ2v) is 8.81. The van der Waals surface area contributed by atoms with Crippen molar-refractivity contribution in [2.75, 3.05) is 13.2 Å². The van der Waals surface area contributed by atoms with Crippen LogP contribution in [0.25, 0.3) is 0 Å². The van der Waals surface area contributed by atoms with Crippen molar-refractivity contribution in [3.63, 3.8) is 0 Å². The molecule has 0 aliphatic carbocycles. The molecule has 2 aromatic carbocycles. The van der Waals surface area contributed by atoms with Gasteiger partial charge in [0.1, 0.15) is 5.75 Å². The number of hydrazone groups is 1. The Morgan fingerprint density at radius 2 is 1.72 bits per heavy atom. The number of ether oxygens (including phenoxy) is 2. The fraction of sp³-hybridized carbons (Fsp3) is 0.423. The Labute approximate surface area is 190 Å². The zero-order chi connectivity index (χ0) is 23.3. The monoisotopic (exact) mass is 436 g/mol. The largest absolute Gasteiger partial charge is 0.494 e. The zero-order valence-corrected chi connectivity index (χ0v) is 19.6. The highest BCUT2D eigenvalue weighted by Gasteiger charge is 2.38. The number of carbonyl (C=O) groups excluding carboxylic acids is 2. The molecule has 0 atom stereocenters. The minimum Gasteiger partial charge on any atom is -0.494 e. The molecule has 3 rings (SSSR count). The van der Waals surface area contributed by atoms with Gasteiger partial charge in [0.2, 0.25) is 5.91 Å². The second-order valence-electron chi connectivity index (χ2n) is 8.81. The molecular weight excluding hydrogens is 404 g/mol. The summed E-state index contributed by atoms with van der Waals surface area (Å²) in [6.45, 7) is 10.8. The van der Waals surface area contributed by atoms with Crippen molar-refractivity contribution in [2.45, 2.75) is 59.4 Å². The standard InChI is InChI=1S/C26H32N2O4/c1-6-31-25(30)20-9-11-22(12-10-20)32-13-7-8-24(29)28-26(4,5)17-23(27-28)21-15-18(2)14-19(3)16-21/h9-12,14-16H,6-8,13,17H2,1-5H3. The maximum atomic E-state index is 12.9. The lowest BCUT2D eigenvalue weighted by atomic mass is 9.93. The van der Waals surface area contributed by atoms with Crippen LogP contribution >= 0.6 is 0 Å². The quantitative estimate of drug-likeness (QED) is 0.429. The van der Waals surface area contributed by atoms with Crippen LogP contribution in [-0.2, 0) is 9.53 Å². The number of benzene rings is 2. The second kappa shape index (κ2) is 9.98. The molecule has 1 aliphatic rings. The molecule has 0 unspecified atom stereocenters. The Morgan fingerprint density at radius 3 is 2.34 bits per heavy atom. The predicted octanol–water partition coefficient (Wildman–Crippen LogP) is 5.05. The summed E-state index contributed by atoms with van der Waals surface area (Å²) >= 11 is 0. The van der Waals surface area contributed by atoms with Crippen LogP contribution in [0.15, 0.2) is 47.6 Å². The van der Waals surface area contributed by atoms with E-state index in [4.69, 9.17) is 9.47 Å². The first-order valence-electron chi connectivity index (χ1n) is 11.1. The number of carbonyl (C=O) groups is 2. The lowest BCUT2D eigenvalue weighted by Gasteiger charge is -2.28. The lowest BCUT2D eigenvalue weighted by molar-refractivity contribution is -0.135. The van der Waals surface area contributed by atoms with Gasteiger partial charge in [-0.2, -0.15) is 5.10 Å². The summed E-state index contributed by atoms with van der Waals surface area (Å²) in [5.74, 6) is 0.302. The number of esters is 1. The van der Waals surface area contributed by atoms with Gasteiger partial charge in [0.05, 0.1) is 30.0 Å². The van der Waals surface area contributed by atoms with Gasteiger partial charge in [0.25, 0.3) is 0 Å². The van der Waals surface area contributed by atoms with Crippen LogP contribution in [0, 0.1) is 13.8 Å². The first kappa shape index (κ1) is 23.5. The topological polar surface area (TPSA) is 68.2 Å². The van der Waals surface area contributed by atoms with Crippen molar-refractivity contribution < 1.29 is 19.1 Å². The lowest BCUT2D eigenvalue weighted by Crippen LogP contribution is -2.40. The normalized spacial score (nSPS) is 14.8. The minimum absolute atomic E-state index is 0.00404. The van der Waals surface area contributed by atoms with Gasteiger partial charge in [-0.25, -0.2) is 9.80 Å². The number of aryl methyl sites for hydroxylation is 2. The van der Waals surface area contributed by atoms with Gasteiger partial charge < -0.3 is 9.47 Å². The van der Waals surface area contributed by atoms with Gasteiger partial charge in [-0.15, -0.1) is 0 Å². The highest BCUT2D eigenvalue weighted by atomic mass is 16.5. The van der Waals surface area contributed by atoms with E-state index in [1.54, 1.807) is 36.2 Å². The Bertz CT molecular complexity index is 989. The molecule has 32 heavy (non-hydrogen) atoms. The average Bonchev–Trinajstić information content (AvgIpc) is 3.06. The van der Waals surface area contributed by atoms with Crippen molar-refractivity contribution >= 4 is 17.6 Å². The smallest absolute Gasteiger partial charge is 0.338 e. The number of hydrogen-bond acceptors (Lipinski definition) is 5. The molecule has 170 valence electrons. The molecule has 0 fully saturated rings. The Morgan fingerprint density at radius 1 is 1.06 bits per heavy atom. The third-order valence-electron chi connectivity index (χ3n) is 5.35. The molecule has 0 N–H and O–H groups in total. The summed E-state index contributed by atoms with van der Waals surface area (Å²) in [6, 6.07) is 13.2. The minimum atomic E-state index is -0.353. The molecule has 0 saturated heterocycles. The molecule has 0 saturated carbocycles. The van der Waals surface area contributed by atoms with E-state index in [1.165, 1.54) is 11.1 Å². The van der Waals surface area contributed by atoms with Crippen LogP contribution in [0.1, 0.15) is 67.1 Å². The average molecular weight is 437 g/mol. The highest BCUT2D eigenvalue weighted by Crippen LogP contribution is 2.31. The van der Waals surface area contributed by atoms with Gasteiger partial charge in [-0.05, 0) is 70.9 Å². The predicted molar refractivity (Wildman–Crippen MR) is 125 cm³/mol. The molecule has 1 heterocycles. The summed E-state index contributed by atoms with van der Waals surface area (Å²) in [4.78, 5) is 24.6. The number of amides is 1. The Kier molecular flexibility index (Phi) is 7.33. The van der Waals surface area contributed by atoms with E-state index >= 15 is 0 Å². The van der Waals surface area contributed by atoms with Gasteiger partial charge in [-0.1, -0.05) is 29.3 Å². The van der Waals surface area contributed by atoms with Crippen molar-refractivity contribution in [3.05, 3.63) is 64.7 Å². The van der Waals surface area contributed by atoms with Gasteiger partial charge in [0, 0.05) is 12.8 Å². The first-order valence-corrected chi connectivity index (χ1v) is 11.1. The van der Waals surface area contributed by atoms with Crippen molar-refractivity contribution in [1.82, 2.24) is 5.01 Å². The SMILES string of the molecule is CCOC(=O)c1ccc(OCCCC(=O)N2N=C(c3cc(C)cc(C)c3)CC2(C)C)cc1. The van der Waals surface area contributed by atoms with Crippen LogP contribution in [-0.4, -0.2) is 41.3 Å². The highest BCUT2D eigenvalue weighted by molar-refractivity contribution is 6.03.